The molecule has 1 aromatic carbocycles. The van der Waals surface area contributed by atoms with Gasteiger partial charge in [0.05, 0.1) is 16.4 Å². The van der Waals surface area contributed by atoms with Gasteiger partial charge in [-0.05, 0) is 19.0 Å². The lowest BCUT2D eigenvalue weighted by atomic mass is 10.3. The smallest absolute Gasteiger partial charge is 0.282 e. The average molecular weight is 284 g/mol. The molecule has 1 atom stereocenters. The van der Waals surface area contributed by atoms with Crippen LogP contribution in [0.5, 0.6) is 0 Å². The molecule has 0 aromatic heterocycles. The number of hydrogen-bond donors (Lipinski definition) is 1. The van der Waals surface area contributed by atoms with E-state index >= 15 is 0 Å². The van der Waals surface area contributed by atoms with Crippen LogP contribution in [0.1, 0.15) is 13.3 Å². The van der Waals surface area contributed by atoms with Crippen molar-refractivity contribution in [3.05, 3.63) is 34.4 Å². The summed E-state index contributed by atoms with van der Waals surface area (Å²) in [5.74, 6) is 0.749. The number of thioether (sulfide) groups is 1. The molecule has 0 spiro atoms. The van der Waals surface area contributed by atoms with Crippen LogP contribution in [0, 0.1) is 10.1 Å². The van der Waals surface area contributed by atoms with Crippen molar-refractivity contribution in [2.24, 2.45) is 0 Å². The Kier molecular flexibility index (Phi) is 7.47. The van der Waals surface area contributed by atoms with Crippen LogP contribution in [0.25, 0.3) is 0 Å². The molecule has 5 nitrogen and oxygen atoms in total. The van der Waals surface area contributed by atoms with Crippen LogP contribution in [0.2, 0.25) is 0 Å². The number of ether oxygens (including phenoxy) is 1. The summed E-state index contributed by atoms with van der Waals surface area (Å²) < 4.78 is 5.16. The van der Waals surface area contributed by atoms with E-state index < -0.39 is 0 Å². The van der Waals surface area contributed by atoms with Crippen LogP contribution in [0.4, 0.5) is 5.69 Å². The molecule has 106 valence electrons. The predicted octanol–water partition coefficient (Wildman–Crippen LogP) is 2.70. The minimum atomic E-state index is -0.340. The van der Waals surface area contributed by atoms with E-state index in [2.05, 4.69) is 12.2 Å². The van der Waals surface area contributed by atoms with E-state index in [4.69, 9.17) is 4.74 Å². The molecule has 0 aliphatic rings. The van der Waals surface area contributed by atoms with E-state index in [0.29, 0.717) is 11.5 Å². The zero-order chi connectivity index (χ0) is 14.1. The Morgan fingerprint density at radius 3 is 2.84 bits per heavy atom. The quantitative estimate of drug-likeness (QED) is 0.429. The molecule has 0 heterocycles. The van der Waals surface area contributed by atoms with Gasteiger partial charge in [-0.1, -0.05) is 19.1 Å². The molecule has 1 aromatic rings. The maximum atomic E-state index is 10.9. The van der Waals surface area contributed by atoms with Crippen molar-refractivity contribution >= 4 is 17.4 Å². The van der Waals surface area contributed by atoms with Crippen LogP contribution in [0.3, 0.4) is 0 Å². The zero-order valence-corrected chi connectivity index (χ0v) is 12.1. The van der Waals surface area contributed by atoms with Gasteiger partial charge in [0.25, 0.3) is 5.69 Å². The Morgan fingerprint density at radius 2 is 2.21 bits per heavy atom. The van der Waals surface area contributed by atoms with Crippen LogP contribution in [0.15, 0.2) is 29.2 Å². The lowest BCUT2D eigenvalue weighted by Gasteiger charge is -2.17. The van der Waals surface area contributed by atoms with Gasteiger partial charge in [-0.25, -0.2) is 0 Å². The monoisotopic (exact) mass is 284 g/mol. The Bertz CT molecular complexity index is 401. The number of nitro benzene ring substituents is 1. The standard InChI is InChI=1S/C13H20N2O3S/c1-3-8-14-11(9-18-2)10-19-13-7-5-4-6-12(13)15(16)17/h4-7,11,14H,3,8-10H2,1-2H3. The summed E-state index contributed by atoms with van der Waals surface area (Å²) in [6, 6.07) is 7.03. The summed E-state index contributed by atoms with van der Waals surface area (Å²) >= 11 is 1.49. The number of hydrogen-bond acceptors (Lipinski definition) is 5. The topological polar surface area (TPSA) is 64.4 Å². The van der Waals surface area contributed by atoms with Gasteiger partial charge in [-0.2, -0.15) is 0 Å². The summed E-state index contributed by atoms with van der Waals surface area (Å²) in [7, 11) is 1.66. The van der Waals surface area contributed by atoms with Gasteiger partial charge < -0.3 is 10.1 Å². The third-order valence-electron chi connectivity index (χ3n) is 2.55. The van der Waals surface area contributed by atoms with E-state index in [1.807, 2.05) is 6.07 Å². The first-order valence-corrected chi connectivity index (χ1v) is 7.26. The molecular formula is C13H20N2O3S. The summed E-state index contributed by atoms with van der Waals surface area (Å²) in [6.07, 6.45) is 1.05. The van der Waals surface area contributed by atoms with E-state index in [1.165, 1.54) is 17.8 Å². The lowest BCUT2D eigenvalue weighted by Crippen LogP contribution is -2.35. The molecule has 0 aliphatic heterocycles. The Balaban J connectivity index is 2.60. The third kappa shape index (κ3) is 5.59. The highest BCUT2D eigenvalue weighted by atomic mass is 32.2. The summed E-state index contributed by atoms with van der Waals surface area (Å²) in [5, 5.41) is 14.3. The number of benzene rings is 1. The molecule has 0 saturated heterocycles. The fourth-order valence-corrected chi connectivity index (χ4v) is 2.70. The highest BCUT2D eigenvalue weighted by molar-refractivity contribution is 7.99. The molecule has 0 fully saturated rings. The lowest BCUT2D eigenvalue weighted by molar-refractivity contribution is -0.387. The minimum Gasteiger partial charge on any atom is -0.383 e. The first-order chi connectivity index (χ1) is 9.19. The Hall–Kier alpha value is -1.11. The van der Waals surface area contributed by atoms with Gasteiger partial charge in [0.1, 0.15) is 0 Å². The molecule has 1 rings (SSSR count). The van der Waals surface area contributed by atoms with Crippen molar-refractivity contribution in [2.45, 2.75) is 24.3 Å². The van der Waals surface area contributed by atoms with Crippen molar-refractivity contribution in [2.75, 3.05) is 26.0 Å². The van der Waals surface area contributed by atoms with Gasteiger partial charge >= 0.3 is 0 Å². The molecule has 0 radical (unpaired) electrons. The van der Waals surface area contributed by atoms with Gasteiger partial charge in [0.2, 0.25) is 0 Å². The number of nitro groups is 1. The van der Waals surface area contributed by atoms with E-state index in [9.17, 15) is 10.1 Å². The zero-order valence-electron chi connectivity index (χ0n) is 11.3. The second-order valence-corrected chi connectivity index (χ2v) is 5.20. The van der Waals surface area contributed by atoms with Crippen LogP contribution < -0.4 is 5.32 Å². The number of methoxy groups -OCH3 is 1. The molecule has 0 amide bonds. The van der Waals surface area contributed by atoms with Gasteiger partial charge in [-0.3, -0.25) is 10.1 Å². The minimum absolute atomic E-state index is 0.166. The predicted molar refractivity (Wildman–Crippen MR) is 77.8 cm³/mol. The highest BCUT2D eigenvalue weighted by Crippen LogP contribution is 2.28. The van der Waals surface area contributed by atoms with Crippen molar-refractivity contribution in [1.29, 1.82) is 0 Å². The fraction of sp³-hybridized carbons (Fsp3) is 0.538. The first kappa shape index (κ1) is 15.9. The number of rotatable bonds is 9. The Morgan fingerprint density at radius 1 is 1.47 bits per heavy atom. The van der Waals surface area contributed by atoms with Gasteiger partial charge in [-0.15, -0.1) is 11.8 Å². The van der Waals surface area contributed by atoms with E-state index in [0.717, 1.165) is 18.7 Å². The largest absolute Gasteiger partial charge is 0.383 e. The molecule has 0 bridgehead atoms. The summed E-state index contributed by atoms with van der Waals surface area (Å²) in [6.45, 7) is 3.63. The van der Waals surface area contributed by atoms with E-state index in [1.54, 1.807) is 19.2 Å². The maximum Gasteiger partial charge on any atom is 0.282 e. The summed E-state index contributed by atoms with van der Waals surface area (Å²) in [4.78, 5) is 11.3. The number of nitrogens with zero attached hydrogens (tertiary/aromatic N) is 1. The molecule has 1 unspecified atom stereocenters. The SMILES string of the molecule is CCCNC(COC)CSc1ccccc1[N+](=O)[O-]. The Labute approximate surface area is 117 Å². The molecule has 0 saturated carbocycles. The van der Waals surface area contributed by atoms with Crippen molar-refractivity contribution < 1.29 is 9.66 Å². The van der Waals surface area contributed by atoms with Crippen LogP contribution in [-0.2, 0) is 4.74 Å². The fourth-order valence-electron chi connectivity index (χ4n) is 1.64. The van der Waals surface area contributed by atoms with Gasteiger partial charge in [0.15, 0.2) is 0 Å². The molecule has 1 N–H and O–H groups in total. The van der Waals surface area contributed by atoms with E-state index in [-0.39, 0.29) is 16.7 Å². The van der Waals surface area contributed by atoms with Crippen molar-refractivity contribution in [1.82, 2.24) is 5.32 Å². The number of nitrogens with one attached hydrogen (secondary N) is 1. The van der Waals surface area contributed by atoms with Crippen molar-refractivity contribution in [3.8, 4) is 0 Å². The van der Waals surface area contributed by atoms with Crippen molar-refractivity contribution in [3.63, 3.8) is 0 Å². The molecule has 19 heavy (non-hydrogen) atoms. The van der Waals surface area contributed by atoms with Crippen LogP contribution >= 0.6 is 11.8 Å². The first-order valence-electron chi connectivity index (χ1n) is 6.27. The molecule has 6 heteroatoms. The van der Waals surface area contributed by atoms with Gasteiger partial charge in [0, 0.05) is 25.0 Å². The molecule has 0 aliphatic carbocycles. The second-order valence-electron chi connectivity index (χ2n) is 4.14. The number of para-hydroxylation sites is 1. The summed E-state index contributed by atoms with van der Waals surface area (Å²) in [5.41, 5.74) is 0.166. The normalized spacial score (nSPS) is 12.3. The average Bonchev–Trinajstić information content (AvgIpc) is 2.42. The third-order valence-corrected chi connectivity index (χ3v) is 3.78. The second kappa shape index (κ2) is 8.90. The van der Waals surface area contributed by atoms with Crippen LogP contribution in [-0.4, -0.2) is 37.0 Å². The maximum absolute atomic E-state index is 10.9. The highest BCUT2D eigenvalue weighted by Gasteiger charge is 2.15. The molecular weight excluding hydrogens is 264 g/mol.